The van der Waals surface area contributed by atoms with Gasteiger partial charge in [-0.15, -0.1) is 0 Å². The Balaban J connectivity index is 4.30. The summed E-state index contributed by atoms with van der Waals surface area (Å²) >= 11 is 0. The standard InChI is InChI=1S/C48H92O6/c1-6-8-9-10-11-16-23-28-33-38-46(49)52-41-45(54-48(51)40-35-30-25-20-19-22-27-32-37-44(5)7-2)42-53-47(50)39-34-29-24-18-15-13-12-14-17-21-26-31-36-43(3)4/h43-45H,6-42H2,1-5H3/t44?,45-/m0/s1. The van der Waals surface area contributed by atoms with E-state index in [2.05, 4.69) is 34.6 Å². The van der Waals surface area contributed by atoms with Gasteiger partial charge < -0.3 is 14.2 Å². The molecule has 0 N–H and O–H groups in total. The minimum absolute atomic E-state index is 0.0648. The molecular weight excluding hydrogens is 673 g/mol. The fourth-order valence-electron chi connectivity index (χ4n) is 7.07. The second kappa shape index (κ2) is 41.1. The number of unbranched alkanes of at least 4 members (excludes halogenated alkanes) is 26. The van der Waals surface area contributed by atoms with Crippen LogP contribution < -0.4 is 0 Å². The Hall–Kier alpha value is -1.59. The van der Waals surface area contributed by atoms with Gasteiger partial charge in [-0.25, -0.2) is 0 Å². The lowest BCUT2D eigenvalue weighted by Gasteiger charge is -2.18. The van der Waals surface area contributed by atoms with E-state index in [1.807, 2.05) is 0 Å². The average Bonchev–Trinajstić information content (AvgIpc) is 3.15. The van der Waals surface area contributed by atoms with Crippen LogP contribution in [0.15, 0.2) is 0 Å². The molecule has 0 aliphatic carbocycles. The van der Waals surface area contributed by atoms with Gasteiger partial charge in [0.15, 0.2) is 6.10 Å². The molecule has 0 aliphatic rings. The van der Waals surface area contributed by atoms with Crippen molar-refractivity contribution < 1.29 is 28.6 Å². The summed E-state index contributed by atoms with van der Waals surface area (Å²) in [5, 5.41) is 0. The van der Waals surface area contributed by atoms with Crippen LogP contribution in [0.3, 0.4) is 0 Å². The van der Waals surface area contributed by atoms with Crippen molar-refractivity contribution >= 4 is 17.9 Å². The highest BCUT2D eigenvalue weighted by Gasteiger charge is 2.19. The summed E-state index contributed by atoms with van der Waals surface area (Å²) in [6.45, 7) is 11.3. The third-order valence-corrected chi connectivity index (χ3v) is 11.1. The molecule has 0 rings (SSSR count). The fraction of sp³-hybridized carbons (Fsp3) is 0.938. The number of carbonyl (C=O) groups is 3. The molecule has 0 spiro atoms. The van der Waals surface area contributed by atoms with E-state index >= 15 is 0 Å². The monoisotopic (exact) mass is 765 g/mol. The van der Waals surface area contributed by atoms with Crippen LogP contribution >= 0.6 is 0 Å². The van der Waals surface area contributed by atoms with Crippen molar-refractivity contribution in [1.29, 1.82) is 0 Å². The quantitative estimate of drug-likeness (QED) is 0.0350. The molecule has 0 aliphatic heterocycles. The van der Waals surface area contributed by atoms with Crippen LogP contribution in [0.5, 0.6) is 0 Å². The first-order valence-electron chi connectivity index (χ1n) is 23.8. The maximum Gasteiger partial charge on any atom is 0.306 e. The first-order chi connectivity index (χ1) is 26.3. The number of ether oxygens (including phenoxy) is 3. The smallest absolute Gasteiger partial charge is 0.306 e. The van der Waals surface area contributed by atoms with Crippen LogP contribution in [0.4, 0.5) is 0 Å². The van der Waals surface area contributed by atoms with E-state index in [1.54, 1.807) is 0 Å². The number of hydrogen-bond donors (Lipinski definition) is 0. The van der Waals surface area contributed by atoms with Gasteiger partial charge in [0.25, 0.3) is 0 Å². The summed E-state index contributed by atoms with van der Waals surface area (Å²) in [6.07, 6.45) is 39.4. The lowest BCUT2D eigenvalue weighted by molar-refractivity contribution is -0.167. The van der Waals surface area contributed by atoms with Crippen LogP contribution in [-0.4, -0.2) is 37.2 Å². The van der Waals surface area contributed by atoms with Gasteiger partial charge in [0.2, 0.25) is 0 Å². The van der Waals surface area contributed by atoms with E-state index in [1.165, 1.54) is 148 Å². The third kappa shape index (κ3) is 40.1. The van der Waals surface area contributed by atoms with Crippen LogP contribution in [0.2, 0.25) is 0 Å². The minimum Gasteiger partial charge on any atom is -0.462 e. The first-order valence-corrected chi connectivity index (χ1v) is 23.8. The van der Waals surface area contributed by atoms with E-state index in [0.717, 1.165) is 69.6 Å². The summed E-state index contributed by atoms with van der Waals surface area (Å²) < 4.78 is 16.7. The molecule has 6 nitrogen and oxygen atoms in total. The minimum atomic E-state index is -0.760. The van der Waals surface area contributed by atoms with Crippen molar-refractivity contribution in [2.75, 3.05) is 13.2 Å². The number of carbonyl (C=O) groups excluding carboxylic acids is 3. The molecule has 0 saturated heterocycles. The molecule has 1 unspecified atom stereocenters. The van der Waals surface area contributed by atoms with Crippen LogP contribution in [0, 0.1) is 11.8 Å². The summed E-state index contributed by atoms with van der Waals surface area (Å²) in [6, 6.07) is 0. The molecule has 0 amide bonds. The summed E-state index contributed by atoms with van der Waals surface area (Å²) in [5.41, 5.74) is 0. The highest BCUT2D eigenvalue weighted by molar-refractivity contribution is 5.71. The zero-order valence-electron chi connectivity index (χ0n) is 36.8. The van der Waals surface area contributed by atoms with Crippen molar-refractivity contribution in [2.24, 2.45) is 11.8 Å². The molecule has 320 valence electrons. The van der Waals surface area contributed by atoms with E-state index in [9.17, 15) is 14.4 Å². The van der Waals surface area contributed by atoms with Gasteiger partial charge in [-0.2, -0.15) is 0 Å². The molecule has 54 heavy (non-hydrogen) atoms. The van der Waals surface area contributed by atoms with Crippen molar-refractivity contribution in [1.82, 2.24) is 0 Å². The second-order valence-electron chi connectivity index (χ2n) is 17.1. The molecule has 0 aromatic rings. The molecular formula is C48H92O6. The Morgan fingerprint density at radius 3 is 1.06 bits per heavy atom. The number of hydrogen-bond acceptors (Lipinski definition) is 6. The van der Waals surface area contributed by atoms with Crippen molar-refractivity contribution in [3.63, 3.8) is 0 Å². The number of rotatable bonds is 42. The average molecular weight is 765 g/mol. The van der Waals surface area contributed by atoms with E-state index in [0.29, 0.717) is 19.3 Å². The SMILES string of the molecule is CCCCCCCCCCCC(=O)OC[C@@H](COC(=O)CCCCCCCCCCCCCCC(C)C)OC(=O)CCCCCCCCCCC(C)CC. The summed E-state index contributed by atoms with van der Waals surface area (Å²) in [4.78, 5) is 37.7. The van der Waals surface area contributed by atoms with Crippen LogP contribution in [0.25, 0.3) is 0 Å². The molecule has 0 radical (unpaired) electrons. The van der Waals surface area contributed by atoms with E-state index in [-0.39, 0.29) is 31.1 Å². The Labute approximate surface area is 336 Å². The molecule has 2 atom stereocenters. The largest absolute Gasteiger partial charge is 0.462 e. The zero-order chi connectivity index (χ0) is 39.7. The molecule has 0 saturated carbocycles. The normalized spacial score (nSPS) is 12.6. The number of esters is 3. The van der Waals surface area contributed by atoms with Gasteiger partial charge >= 0.3 is 17.9 Å². The van der Waals surface area contributed by atoms with Gasteiger partial charge in [0.05, 0.1) is 0 Å². The molecule has 0 heterocycles. The van der Waals surface area contributed by atoms with Gasteiger partial charge in [0.1, 0.15) is 13.2 Å². The Morgan fingerprint density at radius 1 is 0.389 bits per heavy atom. The highest BCUT2D eigenvalue weighted by Crippen LogP contribution is 2.17. The van der Waals surface area contributed by atoms with Crippen molar-refractivity contribution in [2.45, 2.75) is 265 Å². The Kier molecular flexibility index (Phi) is 39.8. The van der Waals surface area contributed by atoms with Gasteiger partial charge in [0, 0.05) is 19.3 Å². The molecule has 0 fully saturated rings. The van der Waals surface area contributed by atoms with Gasteiger partial charge in [-0.1, -0.05) is 221 Å². The lowest BCUT2D eigenvalue weighted by atomic mass is 9.99. The van der Waals surface area contributed by atoms with Gasteiger partial charge in [-0.05, 0) is 31.1 Å². The molecule has 0 aromatic carbocycles. The summed E-state index contributed by atoms with van der Waals surface area (Å²) in [5.74, 6) is 0.821. The summed E-state index contributed by atoms with van der Waals surface area (Å²) in [7, 11) is 0. The Bertz CT molecular complexity index is 826. The third-order valence-electron chi connectivity index (χ3n) is 11.1. The zero-order valence-corrected chi connectivity index (χ0v) is 36.8. The molecule has 6 heteroatoms. The van der Waals surface area contributed by atoms with Gasteiger partial charge in [-0.3, -0.25) is 14.4 Å². The molecule has 0 aromatic heterocycles. The fourth-order valence-corrected chi connectivity index (χ4v) is 7.07. The maximum absolute atomic E-state index is 12.7. The van der Waals surface area contributed by atoms with Crippen molar-refractivity contribution in [3.05, 3.63) is 0 Å². The van der Waals surface area contributed by atoms with Crippen LogP contribution in [0.1, 0.15) is 259 Å². The van der Waals surface area contributed by atoms with Crippen LogP contribution in [-0.2, 0) is 28.6 Å². The maximum atomic E-state index is 12.7. The van der Waals surface area contributed by atoms with E-state index in [4.69, 9.17) is 14.2 Å². The lowest BCUT2D eigenvalue weighted by Crippen LogP contribution is -2.30. The first kappa shape index (κ1) is 52.4. The van der Waals surface area contributed by atoms with E-state index < -0.39 is 6.10 Å². The second-order valence-corrected chi connectivity index (χ2v) is 17.1. The predicted octanol–water partition coefficient (Wildman–Crippen LogP) is 15.0. The molecule has 0 bridgehead atoms. The predicted molar refractivity (Wildman–Crippen MR) is 229 cm³/mol. The topological polar surface area (TPSA) is 78.9 Å². The highest BCUT2D eigenvalue weighted by atomic mass is 16.6. The Morgan fingerprint density at radius 2 is 0.704 bits per heavy atom. The van der Waals surface area contributed by atoms with Crippen molar-refractivity contribution in [3.8, 4) is 0 Å².